The standard InChI is InChI=1S/C12H15N5O3S2/c13-22(18,19)7-1-2-8-10(5-7)17-12(15-8)11(21-16-17)9-6-20-4-3-14-9/h1-2,5,9,14-16H,3-4,6H2,(H2,13,18,19). The lowest BCUT2D eigenvalue weighted by Crippen LogP contribution is -2.42. The number of fused-ring (bicyclic) bond motifs is 3. The van der Waals surface area contributed by atoms with Crippen LogP contribution in [0.15, 0.2) is 33.8 Å². The molecule has 0 bridgehead atoms. The molecule has 10 heteroatoms. The number of rotatable bonds is 2. The highest BCUT2D eigenvalue weighted by Gasteiger charge is 2.36. The van der Waals surface area contributed by atoms with E-state index < -0.39 is 10.0 Å². The molecular weight excluding hydrogens is 326 g/mol. The molecule has 8 nitrogen and oxygen atoms in total. The van der Waals surface area contributed by atoms with Crippen molar-refractivity contribution in [1.82, 2.24) is 10.1 Å². The number of hydrogen-bond donors (Lipinski definition) is 4. The van der Waals surface area contributed by atoms with Gasteiger partial charge in [0.1, 0.15) is 5.82 Å². The summed E-state index contributed by atoms with van der Waals surface area (Å²) in [5, 5.41) is 13.8. The third kappa shape index (κ3) is 2.28. The number of hydrogen-bond acceptors (Lipinski definition) is 8. The zero-order valence-electron chi connectivity index (χ0n) is 11.5. The average molecular weight is 341 g/mol. The Morgan fingerprint density at radius 2 is 2.27 bits per heavy atom. The number of benzene rings is 1. The van der Waals surface area contributed by atoms with Gasteiger partial charge in [0.25, 0.3) is 0 Å². The monoisotopic (exact) mass is 341 g/mol. The number of morpholine rings is 1. The van der Waals surface area contributed by atoms with Crippen LogP contribution in [-0.4, -0.2) is 34.2 Å². The van der Waals surface area contributed by atoms with Crippen LogP contribution in [-0.2, 0) is 14.8 Å². The van der Waals surface area contributed by atoms with Gasteiger partial charge in [0.2, 0.25) is 10.0 Å². The number of nitrogens with one attached hydrogen (secondary N) is 3. The molecule has 0 amide bonds. The Morgan fingerprint density at radius 3 is 3.00 bits per heavy atom. The quantitative estimate of drug-likeness (QED) is 0.552. The van der Waals surface area contributed by atoms with E-state index in [1.807, 2.05) is 5.01 Å². The molecule has 0 spiro atoms. The van der Waals surface area contributed by atoms with Gasteiger partial charge in [-0.05, 0) is 30.1 Å². The minimum Gasteiger partial charge on any atom is -0.378 e. The van der Waals surface area contributed by atoms with E-state index in [4.69, 9.17) is 9.88 Å². The van der Waals surface area contributed by atoms with Crippen molar-refractivity contribution in [3.8, 4) is 0 Å². The summed E-state index contributed by atoms with van der Waals surface area (Å²) in [7, 11) is -3.72. The summed E-state index contributed by atoms with van der Waals surface area (Å²) in [6.07, 6.45) is 0. The Balaban J connectivity index is 1.71. The van der Waals surface area contributed by atoms with E-state index in [0.717, 1.165) is 28.6 Å². The minimum absolute atomic E-state index is 0.0914. The zero-order chi connectivity index (χ0) is 15.3. The van der Waals surface area contributed by atoms with Crippen molar-refractivity contribution in [2.24, 2.45) is 5.14 Å². The molecule has 5 N–H and O–H groups in total. The largest absolute Gasteiger partial charge is 0.378 e. The fraction of sp³-hybridized carbons (Fsp3) is 0.333. The van der Waals surface area contributed by atoms with E-state index in [2.05, 4.69) is 15.5 Å². The van der Waals surface area contributed by atoms with Crippen molar-refractivity contribution in [3.63, 3.8) is 0 Å². The normalized spacial score (nSPS) is 24.2. The second kappa shape index (κ2) is 5.11. The molecule has 1 atom stereocenters. The minimum atomic E-state index is -3.72. The molecular formula is C12H15N5O3S2. The van der Waals surface area contributed by atoms with E-state index in [1.165, 1.54) is 18.0 Å². The van der Waals surface area contributed by atoms with Gasteiger partial charge in [-0.1, -0.05) is 0 Å². The Bertz CT molecular complexity index is 758. The van der Waals surface area contributed by atoms with Crippen LogP contribution in [0.5, 0.6) is 0 Å². The summed E-state index contributed by atoms with van der Waals surface area (Å²) in [5.41, 5.74) is 1.57. The predicted molar refractivity (Wildman–Crippen MR) is 84.3 cm³/mol. The third-order valence-corrected chi connectivity index (χ3v) is 5.62. The van der Waals surface area contributed by atoms with Gasteiger partial charge in [0.15, 0.2) is 0 Å². The summed E-state index contributed by atoms with van der Waals surface area (Å²) in [5.74, 6) is 0.898. The van der Waals surface area contributed by atoms with Crippen molar-refractivity contribution < 1.29 is 13.2 Å². The molecule has 1 saturated heterocycles. The first kappa shape index (κ1) is 14.3. The van der Waals surface area contributed by atoms with Gasteiger partial charge in [-0.25, -0.2) is 18.6 Å². The number of hydrazine groups is 1. The number of primary sulfonamides is 1. The van der Waals surface area contributed by atoms with Gasteiger partial charge in [-0.15, -0.1) is 0 Å². The highest BCUT2D eigenvalue weighted by molar-refractivity contribution is 8.01. The molecule has 3 aliphatic rings. The van der Waals surface area contributed by atoms with Crippen molar-refractivity contribution in [2.45, 2.75) is 10.9 Å². The molecule has 0 aromatic heterocycles. The number of ether oxygens (including phenoxy) is 1. The van der Waals surface area contributed by atoms with E-state index in [0.29, 0.717) is 13.2 Å². The van der Waals surface area contributed by atoms with E-state index in [9.17, 15) is 8.42 Å². The van der Waals surface area contributed by atoms with Crippen molar-refractivity contribution in [2.75, 3.05) is 30.1 Å². The van der Waals surface area contributed by atoms with Crippen LogP contribution in [0.4, 0.5) is 11.4 Å². The van der Waals surface area contributed by atoms with Crippen LogP contribution in [0.2, 0.25) is 0 Å². The topological polar surface area (TPSA) is 109 Å². The lowest BCUT2D eigenvalue weighted by atomic mass is 10.2. The second-order valence-corrected chi connectivity index (χ2v) is 7.56. The fourth-order valence-electron chi connectivity index (χ4n) is 2.66. The van der Waals surface area contributed by atoms with Gasteiger partial charge in [0, 0.05) is 6.54 Å². The van der Waals surface area contributed by atoms with Crippen LogP contribution in [0, 0.1) is 0 Å². The Hall–Kier alpha value is -1.30. The molecule has 0 saturated carbocycles. The van der Waals surface area contributed by atoms with Crippen LogP contribution in [0.1, 0.15) is 0 Å². The summed E-state index contributed by atoms with van der Waals surface area (Å²) >= 11 is 1.49. The molecule has 118 valence electrons. The molecule has 3 aliphatic heterocycles. The van der Waals surface area contributed by atoms with Gasteiger partial charge < -0.3 is 15.4 Å². The summed E-state index contributed by atoms with van der Waals surface area (Å²) in [6, 6.07) is 4.89. The molecule has 1 aromatic rings. The first-order valence-electron chi connectivity index (χ1n) is 6.76. The second-order valence-electron chi connectivity index (χ2n) is 5.17. The van der Waals surface area contributed by atoms with Gasteiger partial charge in [0.05, 0.1) is 40.4 Å². The summed E-state index contributed by atoms with van der Waals surface area (Å²) < 4.78 is 28.5. The van der Waals surface area contributed by atoms with Gasteiger partial charge in [-0.3, -0.25) is 0 Å². The highest BCUT2D eigenvalue weighted by Crippen LogP contribution is 2.44. The molecule has 0 radical (unpaired) electrons. The predicted octanol–water partition coefficient (Wildman–Crippen LogP) is -0.110. The number of sulfonamides is 1. The molecule has 1 fully saturated rings. The zero-order valence-corrected chi connectivity index (χ0v) is 13.1. The van der Waals surface area contributed by atoms with Crippen LogP contribution < -0.4 is 25.6 Å². The highest BCUT2D eigenvalue weighted by atomic mass is 32.2. The lowest BCUT2D eigenvalue weighted by Gasteiger charge is -2.24. The van der Waals surface area contributed by atoms with Crippen LogP contribution in [0.3, 0.4) is 0 Å². The van der Waals surface area contributed by atoms with E-state index in [1.54, 1.807) is 12.1 Å². The molecule has 0 aliphatic carbocycles. The number of nitrogens with two attached hydrogens (primary N) is 1. The average Bonchev–Trinajstić information content (AvgIpc) is 3.05. The van der Waals surface area contributed by atoms with Gasteiger partial charge >= 0.3 is 0 Å². The molecule has 4 rings (SSSR count). The Kier molecular flexibility index (Phi) is 3.33. The van der Waals surface area contributed by atoms with Crippen LogP contribution in [0.25, 0.3) is 0 Å². The van der Waals surface area contributed by atoms with Crippen molar-refractivity contribution in [1.29, 1.82) is 0 Å². The third-order valence-electron chi connectivity index (χ3n) is 3.73. The molecule has 1 unspecified atom stereocenters. The molecule has 22 heavy (non-hydrogen) atoms. The summed E-state index contributed by atoms with van der Waals surface area (Å²) in [4.78, 5) is 4.37. The first-order chi connectivity index (χ1) is 10.5. The smallest absolute Gasteiger partial charge is 0.238 e. The maximum Gasteiger partial charge on any atom is 0.238 e. The lowest BCUT2D eigenvalue weighted by molar-refractivity contribution is 0.0890. The van der Waals surface area contributed by atoms with E-state index in [-0.39, 0.29) is 10.9 Å². The number of nitrogens with zero attached hydrogens (tertiary/aromatic N) is 1. The van der Waals surface area contributed by atoms with E-state index >= 15 is 0 Å². The van der Waals surface area contributed by atoms with Crippen molar-refractivity contribution >= 4 is 33.3 Å². The van der Waals surface area contributed by atoms with Crippen molar-refractivity contribution in [3.05, 3.63) is 28.9 Å². The fourth-order valence-corrected chi connectivity index (χ4v) is 4.11. The van der Waals surface area contributed by atoms with Gasteiger partial charge in [-0.2, -0.15) is 4.83 Å². The van der Waals surface area contributed by atoms with Crippen LogP contribution >= 0.6 is 11.9 Å². The maximum absolute atomic E-state index is 11.5. The molecule has 3 heterocycles. The maximum atomic E-state index is 11.5. The Labute approximate surface area is 132 Å². The summed E-state index contributed by atoms with van der Waals surface area (Å²) in [6.45, 7) is 2.14. The number of anilines is 2. The molecule has 1 aromatic carbocycles. The first-order valence-corrected chi connectivity index (χ1v) is 9.12. The SMILES string of the molecule is NS(=O)(=O)c1ccc2c(c1)N1NSC(C3COCCN3)=C1N2. The Morgan fingerprint density at radius 1 is 1.41 bits per heavy atom.